The standard InChI is InChI=1S/C30H30F3NO3/c1-3-4-15-34(27-13-10-21-7-5-6-8-25(21)27)19-22-18-23(30(31,32)33)11-12-24(22)26-16-20(17-29(35)36)9-14-28(26)37-2/h5-14,16,18,27H,3-4,15,17,19H2,1-2H3,(H,35,36). The van der Waals surface area contributed by atoms with Crippen LogP contribution in [-0.4, -0.2) is 29.6 Å². The summed E-state index contributed by atoms with van der Waals surface area (Å²) in [5, 5.41) is 9.27. The second-order valence-electron chi connectivity index (χ2n) is 9.23. The molecular weight excluding hydrogens is 479 g/mol. The molecule has 0 aliphatic heterocycles. The Labute approximate surface area is 215 Å². The predicted octanol–water partition coefficient (Wildman–Crippen LogP) is 7.38. The Balaban J connectivity index is 1.82. The van der Waals surface area contributed by atoms with Gasteiger partial charge in [0.05, 0.1) is 25.1 Å². The van der Waals surface area contributed by atoms with Crippen LogP contribution in [0.4, 0.5) is 13.2 Å². The van der Waals surface area contributed by atoms with Gasteiger partial charge in [-0.15, -0.1) is 0 Å². The molecule has 3 aromatic carbocycles. The largest absolute Gasteiger partial charge is 0.496 e. The molecule has 0 fully saturated rings. The van der Waals surface area contributed by atoms with E-state index in [2.05, 4.69) is 30.0 Å². The Bertz CT molecular complexity index is 1300. The second-order valence-corrected chi connectivity index (χ2v) is 9.23. The van der Waals surface area contributed by atoms with Crippen molar-refractivity contribution in [1.82, 2.24) is 4.90 Å². The smallest absolute Gasteiger partial charge is 0.416 e. The van der Waals surface area contributed by atoms with Crippen LogP contribution < -0.4 is 4.74 Å². The fourth-order valence-corrected chi connectivity index (χ4v) is 4.86. The van der Waals surface area contributed by atoms with E-state index in [0.29, 0.717) is 34.5 Å². The minimum atomic E-state index is -4.49. The quantitative estimate of drug-likeness (QED) is 0.310. The van der Waals surface area contributed by atoms with Crippen LogP contribution in [0.15, 0.2) is 66.7 Å². The maximum atomic E-state index is 13.8. The predicted molar refractivity (Wildman–Crippen MR) is 138 cm³/mol. The molecule has 0 spiro atoms. The van der Waals surface area contributed by atoms with Crippen molar-refractivity contribution in [1.29, 1.82) is 0 Å². The van der Waals surface area contributed by atoms with Crippen LogP contribution in [0.1, 0.15) is 53.6 Å². The van der Waals surface area contributed by atoms with Gasteiger partial charge in [-0.2, -0.15) is 13.2 Å². The van der Waals surface area contributed by atoms with Gasteiger partial charge in [0.1, 0.15) is 5.75 Å². The molecular formula is C30H30F3NO3. The van der Waals surface area contributed by atoms with Crippen LogP contribution in [0.25, 0.3) is 17.2 Å². The number of methoxy groups -OCH3 is 1. The molecule has 0 saturated heterocycles. The number of benzene rings is 3. The normalized spacial score (nSPS) is 14.7. The summed E-state index contributed by atoms with van der Waals surface area (Å²) in [6.45, 7) is 3.09. The molecule has 0 radical (unpaired) electrons. The molecule has 1 atom stereocenters. The SMILES string of the molecule is CCCCN(Cc1cc(C(F)(F)F)ccc1-c1cc(CC(=O)O)ccc1OC)C1C=Cc2ccccc21. The van der Waals surface area contributed by atoms with Gasteiger partial charge in [0.15, 0.2) is 0 Å². The number of hydrogen-bond acceptors (Lipinski definition) is 3. The van der Waals surface area contributed by atoms with Crippen LogP contribution in [0.5, 0.6) is 5.75 Å². The van der Waals surface area contributed by atoms with Gasteiger partial charge in [0, 0.05) is 12.1 Å². The van der Waals surface area contributed by atoms with E-state index >= 15 is 0 Å². The number of fused-ring (bicyclic) bond motifs is 1. The number of nitrogens with zero attached hydrogens (tertiary/aromatic N) is 1. The molecule has 1 aliphatic rings. The summed E-state index contributed by atoms with van der Waals surface area (Å²) in [5.74, 6) is -0.512. The number of alkyl halides is 3. The van der Waals surface area contributed by atoms with Gasteiger partial charge < -0.3 is 9.84 Å². The number of aliphatic carboxylic acids is 1. The highest BCUT2D eigenvalue weighted by Crippen LogP contribution is 2.40. The zero-order valence-electron chi connectivity index (χ0n) is 20.9. The van der Waals surface area contributed by atoms with Crippen LogP contribution in [0, 0.1) is 0 Å². The molecule has 37 heavy (non-hydrogen) atoms. The van der Waals surface area contributed by atoms with E-state index in [1.54, 1.807) is 18.2 Å². The summed E-state index contributed by atoms with van der Waals surface area (Å²) in [4.78, 5) is 13.5. The molecule has 1 unspecified atom stereocenters. The molecule has 0 amide bonds. The summed E-state index contributed by atoms with van der Waals surface area (Å²) in [6, 6.07) is 16.8. The molecule has 0 heterocycles. The molecule has 0 aromatic heterocycles. The maximum Gasteiger partial charge on any atom is 0.416 e. The van der Waals surface area contributed by atoms with E-state index in [1.165, 1.54) is 19.2 Å². The van der Waals surface area contributed by atoms with Crippen LogP contribution in [-0.2, 0) is 23.9 Å². The molecule has 0 bridgehead atoms. The Morgan fingerprint density at radius 1 is 1.05 bits per heavy atom. The van der Waals surface area contributed by atoms with Gasteiger partial charge in [-0.05, 0) is 65.0 Å². The van der Waals surface area contributed by atoms with Gasteiger partial charge in [0.25, 0.3) is 0 Å². The first-order valence-electron chi connectivity index (χ1n) is 12.3. The zero-order chi connectivity index (χ0) is 26.6. The lowest BCUT2D eigenvalue weighted by atomic mass is 9.93. The Kier molecular flexibility index (Phi) is 8.03. The summed E-state index contributed by atoms with van der Waals surface area (Å²) < 4.78 is 46.9. The number of halogens is 3. The van der Waals surface area contributed by atoms with E-state index < -0.39 is 17.7 Å². The van der Waals surface area contributed by atoms with Crippen molar-refractivity contribution < 1.29 is 27.8 Å². The van der Waals surface area contributed by atoms with Crippen molar-refractivity contribution in [2.24, 2.45) is 0 Å². The Morgan fingerprint density at radius 2 is 1.84 bits per heavy atom. The maximum absolute atomic E-state index is 13.8. The molecule has 1 aliphatic carbocycles. The summed E-state index contributed by atoms with van der Waals surface area (Å²) in [7, 11) is 1.49. The highest BCUT2D eigenvalue weighted by Gasteiger charge is 2.32. The number of unbranched alkanes of at least 4 members (excludes halogenated alkanes) is 1. The van der Waals surface area contributed by atoms with Crippen molar-refractivity contribution in [3.8, 4) is 16.9 Å². The summed E-state index contributed by atoms with van der Waals surface area (Å²) in [5.41, 5.74) is 3.75. The van der Waals surface area contributed by atoms with Gasteiger partial charge in [0.2, 0.25) is 0 Å². The van der Waals surface area contributed by atoms with Crippen molar-refractivity contribution in [2.45, 2.75) is 44.9 Å². The van der Waals surface area contributed by atoms with Crippen molar-refractivity contribution in [3.63, 3.8) is 0 Å². The van der Waals surface area contributed by atoms with E-state index in [1.807, 2.05) is 18.2 Å². The van der Waals surface area contributed by atoms with Crippen LogP contribution >= 0.6 is 0 Å². The number of carbonyl (C=O) groups is 1. The number of ether oxygens (including phenoxy) is 1. The molecule has 1 N–H and O–H groups in total. The zero-order valence-corrected chi connectivity index (χ0v) is 20.9. The lowest BCUT2D eigenvalue weighted by Gasteiger charge is -2.30. The lowest BCUT2D eigenvalue weighted by Crippen LogP contribution is -2.28. The van der Waals surface area contributed by atoms with Gasteiger partial charge >= 0.3 is 12.1 Å². The fraction of sp³-hybridized carbons (Fsp3) is 0.300. The molecule has 4 nitrogen and oxygen atoms in total. The number of carboxylic acids is 1. The van der Waals surface area contributed by atoms with Gasteiger partial charge in [-0.3, -0.25) is 9.69 Å². The first-order chi connectivity index (χ1) is 17.7. The highest BCUT2D eigenvalue weighted by molar-refractivity contribution is 5.77. The minimum Gasteiger partial charge on any atom is -0.496 e. The summed E-state index contributed by atoms with van der Waals surface area (Å²) >= 11 is 0. The number of rotatable bonds is 10. The second kappa shape index (κ2) is 11.2. The lowest BCUT2D eigenvalue weighted by molar-refractivity contribution is -0.138. The molecule has 4 rings (SSSR count). The molecule has 3 aromatic rings. The fourth-order valence-electron chi connectivity index (χ4n) is 4.86. The van der Waals surface area contributed by atoms with E-state index in [-0.39, 0.29) is 19.0 Å². The van der Waals surface area contributed by atoms with Crippen molar-refractivity contribution in [3.05, 3.63) is 94.6 Å². The van der Waals surface area contributed by atoms with Crippen LogP contribution in [0.2, 0.25) is 0 Å². The van der Waals surface area contributed by atoms with Crippen molar-refractivity contribution in [2.75, 3.05) is 13.7 Å². The highest BCUT2D eigenvalue weighted by atomic mass is 19.4. The topological polar surface area (TPSA) is 49.8 Å². The number of hydrogen-bond donors (Lipinski definition) is 1. The van der Waals surface area contributed by atoms with E-state index in [0.717, 1.165) is 30.0 Å². The number of carboxylic acid groups (broad SMARTS) is 1. The van der Waals surface area contributed by atoms with E-state index in [4.69, 9.17) is 4.74 Å². The van der Waals surface area contributed by atoms with Gasteiger partial charge in [-0.1, -0.05) is 61.9 Å². The Hall–Kier alpha value is -3.58. The first-order valence-corrected chi connectivity index (χ1v) is 12.3. The van der Waals surface area contributed by atoms with Gasteiger partial charge in [-0.25, -0.2) is 0 Å². The summed E-state index contributed by atoms with van der Waals surface area (Å²) in [6.07, 6.45) is 1.33. The minimum absolute atomic E-state index is 0.0506. The Morgan fingerprint density at radius 3 is 2.54 bits per heavy atom. The van der Waals surface area contributed by atoms with Crippen LogP contribution in [0.3, 0.4) is 0 Å². The van der Waals surface area contributed by atoms with Crippen molar-refractivity contribution >= 4 is 12.0 Å². The third-order valence-corrected chi connectivity index (χ3v) is 6.68. The first kappa shape index (κ1) is 26.5. The molecule has 0 saturated carbocycles. The third kappa shape index (κ3) is 6.05. The van der Waals surface area contributed by atoms with E-state index in [9.17, 15) is 23.1 Å². The monoisotopic (exact) mass is 509 g/mol. The third-order valence-electron chi connectivity index (χ3n) is 6.68. The molecule has 7 heteroatoms. The molecule has 194 valence electrons. The average molecular weight is 510 g/mol. The average Bonchev–Trinajstić information content (AvgIpc) is 3.29.